The number of rotatable bonds is 7. The second-order valence-corrected chi connectivity index (χ2v) is 4.21. The maximum atomic E-state index is 8.93. The lowest BCUT2D eigenvalue weighted by atomic mass is 10.3. The molecule has 0 aliphatic heterocycles. The van der Waals surface area contributed by atoms with Crippen LogP contribution in [0.5, 0.6) is 0 Å². The SMILES string of the molecule is CC(C)N(CCO)CCCn1ccc(N)n1. The molecule has 1 heterocycles. The molecule has 0 aromatic carbocycles. The van der Waals surface area contributed by atoms with Gasteiger partial charge in [-0.2, -0.15) is 5.10 Å². The minimum Gasteiger partial charge on any atom is -0.395 e. The monoisotopic (exact) mass is 226 g/mol. The first kappa shape index (κ1) is 13.0. The average Bonchev–Trinajstić information content (AvgIpc) is 2.63. The number of hydrogen-bond acceptors (Lipinski definition) is 4. The maximum Gasteiger partial charge on any atom is 0.145 e. The van der Waals surface area contributed by atoms with Crippen molar-refractivity contribution >= 4 is 5.82 Å². The number of hydrogen-bond donors (Lipinski definition) is 2. The molecular formula is C11H22N4O. The van der Waals surface area contributed by atoms with E-state index in [1.54, 1.807) is 6.07 Å². The summed E-state index contributed by atoms with van der Waals surface area (Å²) < 4.78 is 1.85. The molecule has 5 nitrogen and oxygen atoms in total. The summed E-state index contributed by atoms with van der Waals surface area (Å²) in [6, 6.07) is 2.27. The van der Waals surface area contributed by atoms with Crippen LogP contribution in [0.15, 0.2) is 12.3 Å². The summed E-state index contributed by atoms with van der Waals surface area (Å²) in [5.41, 5.74) is 5.53. The van der Waals surface area contributed by atoms with Crippen molar-refractivity contribution in [2.45, 2.75) is 32.9 Å². The van der Waals surface area contributed by atoms with Gasteiger partial charge >= 0.3 is 0 Å². The summed E-state index contributed by atoms with van der Waals surface area (Å²) in [7, 11) is 0. The molecular weight excluding hydrogens is 204 g/mol. The Morgan fingerprint density at radius 2 is 2.25 bits per heavy atom. The Balaban J connectivity index is 2.27. The second-order valence-electron chi connectivity index (χ2n) is 4.21. The van der Waals surface area contributed by atoms with Crippen molar-refractivity contribution in [1.29, 1.82) is 0 Å². The van der Waals surface area contributed by atoms with Gasteiger partial charge in [-0.3, -0.25) is 9.58 Å². The Kier molecular flexibility index (Phi) is 5.28. The van der Waals surface area contributed by atoms with Gasteiger partial charge in [-0.25, -0.2) is 0 Å². The van der Waals surface area contributed by atoms with E-state index in [0.29, 0.717) is 11.9 Å². The first-order chi connectivity index (χ1) is 7.63. The van der Waals surface area contributed by atoms with Gasteiger partial charge in [-0.1, -0.05) is 0 Å². The molecule has 0 unspecified atom stereocenters. The van der Waals surface area contributed by atoms with Gasteiger partial charge in [0.1, 0.15) is 5.82 Å². The van der Waals surface area contributed by atoms with Crippen LogP contribution in [0.2, 0.25) is 0 Å². The van der Waals surface area contributed by atoms with Crippen molar-refractivity contribution < 1.29 is 5.11 Å². The van der Waals surface area contributed by atoms with Gasteiger partial charge in [0.2, 0.25) is 0 Å². The number of anilines is 1. The second kappa shape index (κ2) is 6.50. The zero-order valence-corrected chi connectivity index (χ0v) is 10.1. The van der Waals surface area contributed by atoms with Crippen LogP contribution in [0, 0.1) is 0 Å². The molecule has 0 amide bonds. The topological polar surface area (TPSA) is 67.3 Å². The van der Waals surface area contributed by atoms with Gasteiger partial charge in [-0.15, -0.1) is 0 Å². The lowest BCUT2D eigenvalue weighted by Crippen LogP contribution is -2.34. The molecule has 0 radical (unpaired) electrons. The minimum absolute atomic E-state index is 0.215. The fourth-order valence-electron chi connectivity index (χ4n) is 1.69. The van der Waals surface area contributed by atoms with Gasteiger partial charge in [0.15, 0.2) is 0 Å². The zero-order chi connectivity index (χ0) is 12.0. The fourth-order valence-corrected chi connectivity index (χ4v) is 1.69. The Bertz CT molecular complexity index is 298. The highest BCUT2D eigenvalue weighted by Crippen LogP contribution is 2.02. The number of nitrogen functional groups attached to an aromatic ring is 1. The van der Waals surface area contributed by atoms with Crippen molar-refractivity contribution in [3.8, 4) is 0 Å². The van der Waals surface area contributed by atoms with Gasteiger partial charge in [0.05, 0.1) is 6.61 Å². The van der Waals surface area contributed by atoms with E-state index < -0.39 is 0 Å². The molecule has 92 valence electrons. The van der Waals surface area contributed by atoms with Crippen LogP contribution in [0.1, 0.15) is 20.3 Å². The smallest absolute Gasteiger partial charge is 0.145 e. The fraction of sp³-hybridized carbons (Fsp3) is 0.727. The third kappa shape index (κ3) is 4.20. The molecule has 0 saturated heterocycles. The summed E-state index contributed by atoms with van der Waals surface area (Å²) in [6.07, 6.45) is 2.90. The molecule has 0 atom stereocenters. The van der Waals surface area contributed by atoms with E-state index >= 15 is 0 Å². The molecule has 0 aliphatic carbocycles. The van der Waals surface area contributed by atoms with Crippen LogP contribution in [0.4, 0.5) is 5.82 Å². The van der Waals surface area contributed by atoms with Crippen LogP contribution in [-0.4, -0.2) is 45.5 Å². The first-order valence-corrected chi connectivity index (χ1v) is 5.77. The van der Waals surface area contributed by atoms with Gasteiger partial charge in [0, 0.05) is 31.9 Å². The van der Waals surface area contributed by atoms with E-state index in [0.717, 1.165) is 26.1 Å². The quantitative estimate of drug-likeness (QED) is 0.713. The Hall–Kier alpha value is -1.07. The lowest BCUT2D eigenvalue weighted by molar-refractivity contribution is 0.162. The largest absolute Gasteiger partial charge is 0.395 e. The van der Waals surface area contributed by atoms with Crippen LogP contribution in [-0.2, 0) is 6.54 Å². The molecule has 1 aromatic heterocycles. The molecule has 1 aromatic rings. The van der Waals surface area contributed by atoms with Crippen molar-refractivity contribution in [3.63, 3.8) is 0 Å². The number of nitrogens with zero attached hydrogens (tertiary/aromatic N) is 3. The average molecular weight is 226 g/mol. The third-order valence-corrected chi connectivity index (χ3v) is 2.61. The predicted octanol–water partition coefficient (Wildman–Crippen LogP) is 0.558. The molecule has 5 heteroatoms. The van der Waals surface area contributed by atoms with Crippen molar-refractivity contribution in [2.75, 3.05) is 25.4 Å². The summed E-state index contributed by atoms with van der Waals surface area (Å²) in [6.45, 7) is 7.07. The number of nitrogens with two attached hydrogens (primary N) is 1. The van der Waals surface area contributed by atoms with E-state index in [9.17, 15) is 0 Å². The molecule has 1 rings (SSSR count). The van der Waals surface area contributed by atoms with E-state index in [2.05, 4.69) is 23.8 Å². The normalized spacial score (nSPS) is 11.6. The van der Waals surface area contributed by atoms with Gasteiger partial charge < -0.3 is 10.8 Å². The van der Waals surface area contributed by atoms with Crippen molar-refractivity contribution in [1.82, 2.24) is 14.7 Å². The molecule has 0 saturated carbocycles. The van der Waals surface area contributed by atoms with Crippen molar-refractivity contribution in [3.05, 3.63) is 12.3 Å². The number of aryl methyl sites for hydroxylation is 1. The van der Waals surface area contributed by atoms with Crippen LogP contribution < -0.4 is 5.73 Å². The van der Waals surface area contributed by atoms with E-state index in [1.165, 1.54) is 0 Å². The Labute approximate surface area is 96.9 Å². The van der Waals surface area contributed by atoms with Crippen LogP contribution >= 0.6 is 0 Å². The maximum absolute atomic E-state index is 8.93. The molecule has 0 spiro atoms. The van der Waals surface area contributed by atoms with Crippen LogP contribution in [0.25, 0.3) is 0 Å². The molecule has 3 N–H and O–H groups in total. The number of aromatic nitrogens is 2. The summed E-state index contributed by atoms with van der Waals surface area (Å²) in [5, 5.41) is 13.1. The highest BCUT2D eigenvalue weighted by atomic mass is 16.3. The summed E-state index contributed by atoms with van der Waals surface area (Å²) >= 11 is 0. The van der Waals surface area contributed by atoms with E-state index in [4.69, 9.17) is 10.8 Å². The van der Waals surface area contributed by atoms with E-state index in [-0.39, 0.29) is 6.61 Å². The number of aliphatic hydroxyl groups is 1. The Morgan fingerprint density at radius 3 is 2.75 bits per heavy atom. The zero-order valence-electron chi connectivity index (χ0n) is 10.1. The molecule has 0 bridgehead atoms. The molecule has 0 fully saturated rings. The van der Waals surface area contributed by atoms with Crippen molar-refractivity contribution in [2.24, 2.45) is 0 Å². The highest BCUT2D eigenvalue weighted by Gasteiger charge is 2.07. The Morgan fingerprint density at radius 1 is 1.50 bits per heavy atom. The lowest BCUT2D eigenvalue weighted by Gasteiger charge is -2.25. The minimum atomic E-state index is 0.215. The standard InChI is InChI=1S/C11H22N4O/c1-10(2)14(8-9-16)5-3-6-15-7-4-11(12)13-15/h4,7,10,16H,3,5-6,8-9H2,1-2H3,(H2,12,13). The van der Waals surface area contributed by atoms with Crippen LogP contribution in [0.3, 0.4) is 0 Å². The van der Waals surface area contributed by atoms with E-state index in [1.807, 2.05) is 10.9 Å². The third-order valence-electron chi connectivity index (χ3n) is 2.61. The van der Waals surface area contributed by atoms with Gasteiger partial charge in [0.25, 0.3) is 0 Å². The summed E-state index contributed by atoms with van der Waals surface area (Å²) in [5.74, 6) is 0.566. The molecule has 16 heavy (non-hydrogen) atoms. The predicted molar refractivity (Wildman–Crippen MR) is 65.1 cm³/mol. The molecule has 0 aliphatic rings. The summed E-state index contributed by atoms with van der Waals surface area (Å²) in [4.78, 5) is 2.26. The number of aliphatic hydroxyl groups excluding tert-OH is 1. The first-order valence-electron chi connectivity index (χ1n) is 5.77. The highest BCUT2D eigenvalue weighted by molar-refractivity contribution is 5.23. The van der Waals surface area contributed by atoms with Gasteiger partial charge in [-0.05, 0) is 26.3 Å².